The molecule has 0 heterocycles. The quantitative estimate of drug-likeness (QED) is 0.458. The Morgan fingerprint density at radius 1 is 0.895 bits per heavy atom. The Bertz CT molecular complexity index is 294. The van der Waals surface area contributed by atoms with Crippen molar-refractivity contribution in [1.29, 1.82) is 0 Å². The molecule has 1 nitrogen and oxygen atoms in total. The van der Waals surface area contributed by atoms with Gasteiger partial charge in [-0.1, -0.05) is 64.5 Å². The van der Waals surface area contributed by atoms with Crippen molar-refractivity contribution < 1.29 is 4.74 Å². The molecule has 1 aromatic carbocycles. The Labute approximate surface area is 119 Å². The van der Waals surface area contributed by atoms with Gasteiger partial charge in [0.25, 0.3) is 0 Å². The zero-order chi connectivity index (χ0) is 13.8. The Hall–Kier alpha value is -0.980. The second-order valence-electron chi connectivity index (χ2n) is 5.32. The highest BCUT2D eigenvalue weighted by Gasteiger charge is 2.09. The van der Waals surface area contributed by atoms with E-state index in [1.807, 2.05) is 24.3 Å². The summed E-state index contributed by atoms with van der Waals surface area (Å²) >= 11 is 0. The number of ether oxygens (including phenoxy) is 1. The normalized spacial score (nSPS) is 12.3. The van der Waals surface area contributed by atoms with Crippen LogP contribution in [0.15, 0.2) is 24.3 Å². The van der Waals surface area contributed by atoms with Gasteiger partial charge in [0, 0.05) is 0 Å². The zero-order valence-electron chi connectivity index (χ0n) is 12.7. The molecule has 1 atom stereocenters. The molecule has 0 amide bonds. The molecule has 1 unspecified atom stereocenters. The standard InChI is InChI=1S/C18H29O/c1-3-5-6-7-8-10-14-17(13-4-2)19-18-15-11-9-12-16-18/h11-12,15-17H,3-8,10,13-14H2,1-2H3. The molecule has 1 rings (SSSR count). The number of hydrogen-bond acceptors (Lipinski definition) is 1. The van der Waals surface area contributed by atoms with Crippen LogP contribution in [0.4, 0.5) is 0 Å². The van der Waals surface area contributed by atoms with E-state index in [0.29, 0.717) is 6.10 Å². The minimum absolute atomic E-state index is 0.388. The van der Waals surface area contributed by atoms with Gasteiger partial charge in [-0.25, -0.2) is 0 Å². The second kappa shape index (κ2) is 10.9. The molecule has 0 N–H and O–H groups in total. The number of unbranched alkanes of at least 4 members (excludes halogenated alkanes) is 5. The first-order chi connectivity index (χ1) is 9.36. The van der Waals surface area contributed by atoms with E-state index in [1.54, 1.807) is 0 Å². The highest BCUT2D eigenvalue weighted by Crippen LogP contribution is 2.18. The molecule has 107 valence electrons. The van der Waals surface area contributed by atoms with E-state index in [2.05, 4.69) is 19.9 Å². The van der Waals surface area contributed by atoms with Gasteiger partial charge in [-0.15, -0.1) is 0 Å². The van der Waals surface area contributed by atoms with E-state index in [0.717, 1.165) is 12.2 Å². The van der Waals surface area contributed by atoms with Gasteiger partial charge in [-0.3, -0.25) is 0 Å². The summed E-state index contributed by atoms with van der Waals surface area (Å²) in [5, 5.41) is 0. The van der Waals surface area contributed by atoms with Crippen LogP contribution in [0.25, 0.3) is 0 Å². The maximum atomic E-state index is 6.06. The van der Waals surface area contributed by atoms with Crippen LogP contribution in [0.5, 0.6) is 5.75 Å². The SMILES string of the molecule is CCCCCCCCC(CCC)Oc1cc[c]cc1. The summed E-state index contributed by atoms with van der Waals surface area (Å²) in [7, 11) is 0. The van der Waals surface area contributed by atoms with E-state index in [4.69, 9.17) is 4.74 Å². The Kier molecular flexibility index (Phi) is 9.22. The maximum absolute atomic E-state index is 6.06. The predicted octanol–water partition coefficient (Wildman–Crippen LogP) is 5.78. The molecular weight excluding hydrogens is 232 g/mol. The van der Waals surface area contributed by atoms with E-state index >= 15 is 0 Å². The first-order valence-corrected chi connectivity index (χ1v) is 7.99. The molecule has 0 aliphatic carbocycles. The van der Waals surface area contributed by atoms with Crippen molar-refractivity contribution in [2.45, 2.75) is 77.7 Å². The summed E-state index contributed by atoms with van der Waals surface area (Å²) in [5.74, 6) is 0.989. The summed E-state index contributed by atoms with van der Waals surface area (Å²) in [4.78, 5) is 0. The Morgan fingerprint density at radius 3 is 2.26 bits per heavy atom. The predicted molar refractivity (Wildman–Crippen MR) is 82.6 cm³/mol. The van der Waals surface area contributed by atoms with E-state index < -0.39 is 0 Å². The highest BCUT2D eigenvalue weighted by atomic mass is 16.5. The van der Waals surface area contributed by atoms with Gasteiger partial charge in [0.15, 0.2) is 0 Å². The van der Waals surface area contributed by atoms with Crippen LogP contribution >= 0.6 is 0 Å². The van der Waals surface area contributed by atoms with Crippen LogP contribution in [0.1, 0.15) is 71.6 Å². The lowest BCUT2D eigenvalue weighted by Crippen LogP contribution is -2.16. The van der Waals surface area contributed by atoms with Gasteiger partial charge in [-0.2, -0.15) is 0 Å². The molecule has 1 aromatic rings. The lowest BCUT2D eigenvalue weighted by atomic mass is 10.0. The van der Waals surface area contributed by atoms with Crippen molar-refractivity contribution in [1.82, 2.24) is 0 Å². The average Bonchev–Trinajstić information content (AvgIpc) is 2.44. The topological polar surface area (TPSA) is 9.23 Å². The summed E-state index contributed by atoms with van der Waals surface area (Å²) in [6.07, 6.45) is 12.1. The van der Waals surface area contributed by atoms with E-state index in [1.165, 1.54) is 51.4 Å². The lowest BCUT2D eigenvalue weighted by molar-refractivity contribution is 0.175. The molecule has 0 saturated heterocycles. The van der Waals surface area contributed by atoms with Crippen LogP contribution < -0.4 is 4.74 Å². The summed E-state index contributed by atoms with van der Waals surface area (Å²) in [5.41, 5.74) is 0. The van der Waals surface area contributed by atoms with Crippen molar-refractivity contribution >= 4 is 0 Å². The van der Waals surface area contributed by atoms with Crippen LogP contribution in [0.2, 0.25) is 0 Å². The summed E-state index contributed by atoms with van der Waals surface area (Å²) in [6.45, 7) is 4.50. The molecule has 0 aliphatic rings. The third-order valence-electron chi connectivity index (χ3n) is 3.48. The van der Waals surface area contributed by atoms with Crippen molar-refractivity contribution in [2.24, 2.45) is 0 Å². The molecule has 19 heavy (non-hydrogen) atoms. The largest absolute Gasteiger partial charge is 0.490 e. The van der Waals surface area contributed by atoms with Gasteiger partial charge >= 0.3 is 0 Å². The van der Waals surface area contributed by atoms with Crippen molar-refractivity contribution in [3.05, 3.63) is 30.3 Å². The minimum Gasteiger partial charge on any atom is -0.490 e. The molecule has 0 bridgehead atoms. The lowest BCUT2D eigenvalue weighted by Gasteiger charge is -2.18. The Morgan fingerprint density at radius 2 is 1.58 bits per heavy atom. The molecule has 0 spiro atoms. The Balaban J connectivity index is 2.21. The summed E-state index contributed by atoms with van der Waals surface area (Å²) in [6, 6.07) is 10.9. The van der Waals surface area contributed by atoms with Gasteiger partial charge in [-0.05, 0) is 37.5 Å². The maximum Gasteiger partial charge on any atom is 0.119 e. The van der Waals surface area contributed by atoms with Crippen LogP contribution in [-0.4, -0.2) is 6.10 Å². The fourth-order valence-corrected chi connectivity index (χ4v) is 2.38. The molecule has 1 radical (unpaired) electrons. The summed E-state index contributed by atoms with van der Waals surface area (Å²) < 4.78 is 6.06. The fraction of sp³-hybridized carbons (Fsp3) is 0.667. The van der Waals surface area contributed by atoms with Gasteiger partial charge < -0.3 is 4.74 Å². The van der Waals surface area contributed by atoms with Gasteiger partial charge in [0.05, 0.1) is 6.10 Å². The third kappa shape index (κ3) is 7.92. The molecule has 1 heteroatoms. The molecule has 0 fully saturated rings. The van der Waals surface area contributed by atoms with Crippen molar-refractivity contribution in [3.8, 4) is 5.75 Å². The van der Waals surface area contributed by atoms with Crippen molar-refractivity contribution in [3.63, 3.8) is 0 Å². The third-order valence-corrected chi connectivity index (χ3v) is 3.48. The van der Waals surface area contributed by atoms with Crippen LogP contribution in [-0.2, 0) is 0 Å². The smallest absolute Gasteiger partial charge is 0.119 e. The van der Waals surface area contributed by atoms with Crippen molar-refractivity contribution in [2.75, 3.05) is 0 Å². The first-order valence-electron chi connectivity index (χ1n) is 7.99. The monoisotopic (exact) mass is 261 g/mol. The number of hydrogen-bond donors (Lipinski definition) is 0. The zero-order valence-corrected chi connectivity index (χ0v) is 12.7. The second-order valence-corrected chi connectivity index (χ2v) is 5.32. The first kappa shape index (κ1) is 16.1. The molecular formula is C18H29O. The minimum atomic E-state index is 0.388. The molecule has 0 aromatic heterocycles. The van der Waals surface area contributed by atoms with Crippen LogP contribution in [0, 0.1) is 6.07 Å². The average molecular weight is 261 g/mol. The number of rotatable bonds is 11. The van der Waals surface area contributed by atoms with E-state index in [9.17, 15) is 0 Å². The van der Waals surface area contributed by atoms with E-state index in [-0.39, 0.29) is 0 Å². The number of benzene rings is 1. The van der Waals surface area contributed by atoms with Gasteiger partial charge in [0.1, 0.15) is 5.75 Å². The van der Waals surface area contributed by atoms with Gasteiger partial charge in [0.2, 0.25) is 0 Å². The molecule has 0 aliphatic heterocycles. The van der Waals surface area contributed by atoms with Crippen LogP contribution in [0.3, 0.4) is 0 Å². The fourth-order valence-electron chi connectivity index (χ4n) is 2.38. The molecule has 0 saturated carbocycles. The highest BCUT2D eigenvalue weighted by molar-refractivity contribution is 5.20.